The largest absolute Gasteiger partial charge is 0.380 e. The second-order valence-corrected chi connectivity index (χ2v) is 3.61. The van der Waals surface area contributed by atoms with Crippen LogP contribution in [0, 0.1) is 0 Å². The number of hydrogen-bond donors (Lipinski definition) is 1. The van der Waals surface area contributed by atoms with Crippen molar-refractivity contribution in [2.45, 2.75) is 25.8 Å². The molecule has 4 nitrogen and oxygen atoms in total. The summed E-state index contributed by atoms with van der Waals surface area (Å²) < 4.78 is 5.20. The molecule has 90 valence electrons. The first-order valence-electron chi connectivity index (χ1n) is 5.31. The van der Waals surface area contributed by atoms with Crippen LogP contribution in [-0.2, 0) is 9.53 Å². The summed E-state index contributed by atoms with van der Waals surface area (Å²) in [6.07, 6.45) is 2.08. The van der Waals surface area contributed by atoms with E-state index in [1.165, 1.54) is 0 Å². The van der Waals surface area contributed by atoms with Gasteiger partial charge in [-0.1, -0.05) is 0 Å². The van der Waals surface area contributed by atoms with Crippen LogP contribution in [0.4, 0.5) is 0 Å². The van der Waals surface area contributed by atoms with Crippen molar-refractivity contribution in [1.29, 1.82) is 0 Å². The van der Waals surface area contributed by atoms with Crippen LogP contribution in [0.1, 0.15) is 19.8 Å². The van der Waals surface area contributed by atoms with Crippen LogP contribution in [0.3, 0.4) is 0 Å². The molecule has 0 spiro atoms. The molecule has 0 aromatic rings. The second kappa shape index (κ2) is 7.91. The van der Waals surface area contributed by atoms with Crippen molar-refractivity contribution in [2.75, 3.05) is 33.4 Å². The lowest BCUT2D eigenvalue weighted by Gasteiger charge is -2.20. The number of hydrogen-bond acceptors (Lipinski definition) is 3. The van der Waals surface area contributed by atoms with E-state index < -0.39 is 0 Å². The molecule has 1 N–H and O–H groups in total. The van der Waals surface area contributed by atoms with Gasteiger partial charge in [0.1, 0.15) is 0 Å². The third-order valence-corrected chi connectivity index (χ3v) is 2.51. The molecule has 1 heterocycles. The van der Waals surface area contributed by atoms with Crippen molar-refractivity contribution >= 4 is 18.3 Å². The van der Waals surface area contributed by atoms with Gasteiger partial charge in [0, 0.05) is 20.2 Å². The average molecular weight is 237 g/mol. The molecule has 1 rings (SSSR count). The lowest BCUT2D eigenvalue weighted by Crippen LogP contribution is -2.42. The van der Waals surface area contributed by atoms with Crippen molar-refractivity contribution < 1.29 is 9.53 Å². The topological polar surface area (TPSA) is 41.6 Å². The fraction of sp³-hybridized carbons (Fsp3) is 0.900. The Kier molecular flexibility index (Phi) is 7.74. The van der Waals surface area contributed by atoms with Gasteiger partial charge in [0.15, 0.2) is 0 Å². The first-order valence-corrected chi connectivity index (χ1v) is 5.31. The molecule has 0 bridgehead atoms. The van der Waals surface area contributed by atoms with Gasteiger partial charge in [0.05, 0.1) is 12.6 Å². The first-order chi connectivity index (χ1) is 6.75. The molecule has 1 unspecified atom stereocenters. The van der Waals surface area contributed by atoms with Crippen LogP contribution in [0.5, 0.6) is 0 Å². The van der Waals surface area contributed by atoms with E-state index in [0.29, 0.717) is 19.8 Å². The van der Waals surface area contributed by atoms with Crippen LogP contribution in [-0.4, -0.2) is 50.2 Å². The molecule has 1 fully saturated rings. The summed E-state index contributed by atoms with van der Waals surface area (Å²) in [6, 6.07) is 0.0432. The van der Waals surface area contributed by atoms with Crippen molar-refractivity contribution in [3.8, 4) is 0 Å². The van der Waals surface area contributed by atoms with Gasteiger partial charge in [-0.2, -0.15) is 0 Å². The molecule has 15 heavy (non-hydrogen) atoms. The van der Waals surface area contributed by atoms with Gasteiger partial charge >= 0.3 is 0 Å². The Balaban J connectivity index is 0.00000196. The SMILES string of the molecule is CCOCCN(C)C(=O)C1CCCN1.Cl. The van der Waals surface area contributed by atoms with Crippen molar-refractivity contribution in [3.05, 3.63) is 0 Å². The molecule has 1 aliphatic heterocycles. The Morgan fingerprint density at radius 1 is 1.60 bits per heavy atom. The Bertz CT molecular complexity index is 184. The Morgan fingerprint density at radius 2 is 2.33 bits per heavy atom. The third kappa shape index (κ3) is 4.82. The number of carbonyl (C=O) groups excluding carboxylic acids is 1. The van der Waals surface area contributed by atoms with Crippen molar-refractivity contribution in [2.24, 2.45) is 0 Å². The molecule has 1 atom stereocenters. The minimum atomic E-state index is 0. The van der Waals surface area contributed by atoms with Gasteiger partial charge in [-0.3, -0.25) is 4.79 Å². The normalized spacial score (nSPS) is 19.7. The molecule has 1 amide bonds. The molecule has 0 radical (unpaired) electrons. The van der Waals surface area contributed by atoms with Gasteiger partial charge in [-0.15, -0.1) is 12.4 Å². The van der Waals surface area contributed by atoms with Gasteiger partial charge in [-0.05, 0) is 26.3 Å². The molecular weight excluding hydrogens is 216 g/mol. The lowest BCUT2D eigenvalue weighted by molar-refractivity contribution is -0.132. The highest BCUT2D eigenvalue weighted by molar-refractivity contribution is 5.85. The fourth-order valence-corrected chi connectivity index (χ4v) is 1.62. The van der Waals surface area contributed by atoms with E-state index in [1.54, 1.807) is 4.90 Å². The quantitative estimate of drug-likeness (QED) is 0.713. The number of rotatable bonds is 5. The monoisotopic (exact) mass is 236 g/mol. The molecule has 0 aliphatic carbocycles. The van der Waals surface area contributed by atoms with E-state index in [2.05, 4.69) is 5.32 Å². The number of likely N-dealkylation sites (N-methyl/N-ethyl adjacent to an activating group) is 1. The summed E-state index contributed by atoms with van der Waals surface area (Å²) in [6.45, 7) is 4.95. The number of carbonyl (C=O) groups is 1. The maximum Gasteiger partial charge on any atom is 0.239 e. The van der Waals surface area contributed by atoms with Crippen molar-refractivity contribution in [3.63, 3.8) is 0 Å². The zero-order valence-corrected chi connectivity index (χ0v) is 10.3. The highest BCUT2D eigenvalue weighted by Gasteiger charge is 2.24. The molecule has 0 aromatic heterocycles. The van der Waals surface area contributed by atoms with Crippen LogP contribution in [0.15, 0.2) is 0 Å². The summed E-state index contributed by atoms with van der Waals surface area (Å²) in [5.74, 6) is 0.196. The van der Waals surface area contributed by atoms with Crippen LogP contribution < -0.4 is 5.32 Å². The lowest BCUT2D eigenvalue weighted by atomic mass is 10.2. The second-order valence-electron chi connectivity index (χ2n) is 3.61. The number of amides is 1. The summed E-state index contributed by atoms with van der Waals surface area (Å²) in [5, 5.41) is 3.20. The van der Waals surface area contributed by atoms with E-state index in [9.17, 15) is 4.79 Å². The van der Waals surface area contributed by atoms with Gasteiger partial charge < -0.3 is 15.0 Å². The number of ether oxygens (including phenoxy) is 1. The first kappa shape index (κ1) is 14.7. The molecule has 5 heteroatoms. The zero-order chi connectivity index (χ0) is 10.4. The predicted molar refractivity (Wildman–Crippen MR) is 62.4 cm³/mol. The predicted octanol–water partition coefficient (Wildman–Crippen LogP) is 0.655. The molecule has 1 saturated heterocycles. The zero-order valence-electron chi connectivity index (χ0n) is 9.49. The van der Waals surface area contributed by atoms with Gasteiger partial charge in [0.25, 0.3) is 0 Å². The van der Waals surface area contributed by atoms with Gasteiger partial charge in [0.2, 0.25) is 5.91 Å². The van der Waals surface area contributed by atoms with Crippen LogP contribution in [0.2, 0.25) is 0 Å². The van der Waals surface area contributed by atoms with E-state index >= 15 is 0 Å². The number of halogens is 1. The Labute approximate surface area is 97.8 Å². The maximum absolute atomic E-state index is 11.7. The standard InChI is InChI=1S/C10H20N2O2.ClH/c1-3-14-8-7-12(2)10(13)9-5-4-6-11-9;/h9,11H,3-8H2,1-2H3;1H. The van der Waals surface area contributed by atoms with E-state index in [0.717, 1.165) is 19.4 Å². The van der Waals surface area contributed by atoms with Crippen molar-refractivity contribution in [1.82, 2.24) is 10.2 Å². The molecule has 0 saturated carbocycles. The Morgan fingerprint density at radius 3 is 2.87 bits per heavy atom. The average Bonchev–Trinajstić information content (AvgIpc) is 2.69. The smallest absolute Gasteiger partial charge is 0.239 e. The summed E-state index contributed by atoms with van der Waals surface area (Å²) in [5.41, 5.74) is 0. The number of nitrogens with one attached hydrogen (secondary N) is 1. The van der Waals surface area contributed by atoms with E-state index in [-0.39, 0.29) is 24.4 Å². The van der Waals surface area contributed by atoms with Crippen LogP contribution in [0.25, 0.3) is 0 Å². The summed E-state index contributed by atoms with van der Waals surface area (Å²) in [4.78, 5) is 13.5. The van der Waals surface area contributed by atoms with Crippen LogP contribution >= 0.6 is 12.4 Å². The molecule has 1 aliphatic rings. The summed E-state index contributed by atoms with van der Waals surface area (Å²) in [7, 11) is 1.83. The highest BCUT2D eigenvalue weighted by atomic mass is 35.5. The minimum absolute atomic E-state index is 0. The molecular formula is C10H21ClN2O2. The minimum Gasteiger partial charge on any atom is -0.380 e. The van der Waals surface area contributed by atoms with E-state index in [1.807, 2.05) is 14.0 Å². The third-order valence-electron chi connectivity index (χ3n) is 2.51. The fourth-order valence-electron chi connectivity index (χ4n) is 1.62. The maximum atomic E-state index is 11.7. The van der Waals surface area contributed by atoms with Gasteiger partial charge in [-0.25, -0.2) is 0 Å². The molecule has 0 aromatic carbocycles. The number of nitrogens with zero attached hydrogens (tertiary/aromatic N) is 1. The Hall–Kier alpha value is -0.320. The summed E-state index contributed by atoms with van der Waals surface area (Å²) >= 11 is 0. The van der Waals surface area contributed by atoms with E-state index in [4.69, 9.17) is 4.74 Å². The highest BCUT2D eigenvalue weighted by Crippen LogP contribution is 2.07.